The zero-order valence-electron chi connectivity index (χ0n) is 16.3. The number of nitrogens with zero attached hydrogens (tertiary/aromatic N) is 2. The molecule has 1 aliphatic rings. The molecule has 3 N–H and O–H groups in total. The smallest absolute Gasteiger partial charge is 0.251 e. The van der Waals surface area contributed by atoms with Gasteiger partial charge in [0.25, 0.3) is 5.91 Å². The molecule has 0 saturated carbocycles. The third-order valence-electron chi connectivity index (χ3n) is 4.85. The summed E-state index contributed by atoms with van der Waals surface area (Å²) < 4.78 is 22.7. The molecule has 0 bridgehead atoms. The monoisotopic (exact) mass is 446 g/mol. The molecule has 2 aromatic rings. The summed E-state index contributed by atoms with van der Waals surface area (Å²) in [6.45, 7) is 0.410. The number of nitrogens with two attached hydrogens (primary N) is 1. The predicted molar refractivity (Wildman–Crippen MR) is 117 cm³/mol. The van der Waals surface area contributed by atoms with Crippen LogP contribution in [0.4, 0.5) is 5.69 Å². The second-order valence-electron chi connectivity index (χ2n) is 6.95. The average Bonchev–Trinajstić information content (AvgIpc) is 2.90. The number of para-hydroxylation sites is 1. The van der Waals surface area contributed by atoms with Crippen molar-refractivity contribution in [1.29, 1.82) is 0 Å². The van der Waals surface area contributed by atoms with E-state index in [4.69, 9.17) is 17.4 Å². The van der Waals surface area contributed by atoms with Crippen LogP contribution in [0.5, 0.6) is 0 Å². The van der Waals surface area contributed by atoms with E-state index in [0.717, 1.165) is 5.56 Å². The van der Waals surface area contributed by atoms with Crippen LogP contribution in [0.3, 0.4) is 0 Å². The van der Waals surface area contributed by atoms with Gasteiger partial charge in [0.2, 0.25) is 15.9 Å². The van der Waals surface area contributed by atoms with Crippen LogP contribution < -0.4 is 10.5 Å². The topological polar surface area (TPSA) is 113 Å². The van der Waals surface area contributed by atoms with E-state index in [1.54, 1.807) is 36.2 Å². The van der Waals surface area contributed by atoms with Gasteiger partial charge in [0.15, 0.2) is 5.11 Å². The van der Waals surface area contributed by atoms with Crippen molar-refractivity contribution in [2.24, 2.45) is 5.14 Å². The van der Waals surface area contributed by atoms with Gasteiger partial charge in [-0.1, -0.05) is 30.3 Å². The molecule has 30 heavy (non-hydrogen) atoms. The Morgan fingerprint density at radius 1 is 1.13 bits per heavy atom. The summed E-state index contributed by atoms with van der Waals surface area (Å²) in [4.78, 5) is 28.2. The fourth-order valence-electron chi connectivity index (χ4n) is 3.23. The number of carbonyl (C=O) groups is 2. The van der Waals surface area contributed by atoms with E-state index in [-0.39, 0.29) is 23.1 Å². The Bertz CT molecular complexity index is 1060. The highest BCUT2D eigenvalue weighted by Gasteiger charge is 2.41. The Balaban J connectivity index is 1.67. The van der Waals surface area contributed by atoms with Crippen LogP contribution in [0, 0.1) is 0 Å². The number of anilines is 1. The third-order valence-corrected chi connectivity index (χ3v) is 6.29. The summed E-state index contributed by atoms with van der Waals surface area (Å²) in [6.07, 6.45) is 0.492. The van der Waals surface area contributed by atoms with Crippen molar-refractivity contribution < 1.29 is 18.0 Å². The molecule has 8 nitrogen and oxygen atoms in total. The maximum atomic E-state index is 12.6. The first kappa shape index (κ1) is 21.9. The van der Waals surface area contributed by atoms with Crippen LogP contribution in [-0.2, 0) is 26.0 Å². The number of likely N-dealkylation sites (N-methyl/N-ethyl adjacent to an activating group) is 1. The molecule has 0 aromatic heterocycles. The first-order valence-electron chi connectivity index (χ1n) is 9.21. The van der Waals surface area contributed by atoms with Gasteiger partial charge in [-0.05, 0) is 48.5 Å². The van der Waals surface area contributed by atoms with Gasteiger partial charge in [-0.15, -0.1) is 0 Å². The Labute approximate surface area is 180 Å². The lowest BCUT2D eigenvalue weighted by Gasteiger charge is -2.23. The molecule has 1 aliphatic heterocycles. The molecular formula is C20H22N4O4S2. The highest BCUT2D eigenvalue weighted by atomic mass is 32.2. The standard InChI is InChI=1S/C20H22N4O4S2/c1-23-19(26)17(13-18(25)22-15-5-3-2-4-6-15)24(20(23)29)12-11-14-7-9-16(10-8-14)30(21,27)28/h2-10,17H,11-13H2,1H3,(H,22,25)(H2,21,27,28). The summed E-state index contributed by atoms with van der Waals surface area (Å²) in [5, 5.41) is 8.26. The van der Waals surface area contributed by atoms with E-state index >= 15 is 0 Å². The summed E-state index contributed by atoms with van der Waals surface area (Å²) in [5.41, 5.74) is 1.52. The third kappa shape index (κ3) is 5.02. The highest BCUT2D eigenvalue weighted by Crippen LogP contribution is 2.21. The molecule has 1 heterocycles. The minimum absolute atomic E-state index is 0.0252. The molecule has 3 rings (SSSR count). The lowest BCUT2D eigenvalue weighted by atomic mass is 10.1. The first-order valence-corrected chi connectivity index (χ1v) is 11.2. The first-order chi connectivity index (χ1) is 14.2. The SMILES string of the molecule is CN1C(=O)C(CC(=O)Nc2ccccc2)N(CCc2ccc(S(N)(=O)=O)cc2)C1=S. The van der Waals surface area contributed by atoms with E-state index in [0.29, 0.717) is 23.8 Å². The maximum Gasteiger partial charge on any atom is 0.251 e. The van der Waals surface area contributed by atoms with Gasteiger partial charge in [0.05, 0.1) is 11.3 Å². The van der Waals surface area contributed by atoms with E-state index in [2.05, 4.69) is 5.32 Å². The molecule has 2 aromatic carbocycles. The Morgan fingerprint density at radius 2 is 1.77 bits per heavy atom. The van der Waals surface area contributed by atoms with Crippen LogP contribution in [-0.4, -0.2) is 54.8 Å². The van der Waals surface area contributed by atoms with Gasteiger partial charge < -0.3 is 10.2 Å². The number of thiocarbonyl (C=S) groups is 1. The largest absolute Gasteiger partial charge is 0.336 e. The van der Waals surface area contributed by atoms with Gasteiger partial charge in [-0.25, -0.2) is 13.6 Å². The molecule has 1 unspecified atom stereocenters. The number of nitrogens with one attached hydrogen (secondary N) is 1. The number of hydrogen-bond acceptors (Lipinski definition) is 5. The molecule has 2 amide bonds. The van der Waals surface area contributed by atoms with E-state index in [9.17, 15) is 18.0 Å². The highest BCUT2D eigenvalue weighted by molar-refractivity contribution is 7.89. The van der Waals surface area contributed by atoms with Crippen molar-refractivity contribution >= 4 is 44.9 Å². The number of sulfonamides is 1. The minimum atomic E-state index is -3.75. The fourth-order valence-corrected chi connectivity index (χ4v) is 4.05. The van der Waals surface area contributed by atoms with Crippen molar-refractivity contribution in [1.82, 2.24) is 9.80 Å². The van der Waals surface area contributed by atoms with Crippen molar-refractivity contribution in [3.05, 3.63) is 60.2 Å². The van der Waals surface area contributed by atoms with Gasteiger partial charge in [0.1, 0.15) is 6.04 Å². The number of benzene rings is 2. The van der Waals surface area contributed by atoms with Crippen molar-refractivity contribution in [2.45, 2.75) is 23.8 Å². The molecular weight excluding hydrogens is 424 g/mol. The summed E-state index contributed by atoms with van der Waals surface area (Å²) in [5.74, 6) is -0.507. The second kappa shape index (κ2) is 8.90. The minimum Gasteiger partial charge on any atom is -0.336 e. The normalized spacial score (nSPS) is 16.8. The van der Waals surface area contributed by atoms with Crippen LogP contribution in [0.25, 0.3) is 0 Å². The Morgan fingerprint density at radius 3 is 2.37 bits per heavy atom. The number of carbonyl (C=O) groups excluding carboxylic acids is 2. The fraction of sp³-hybridized carbons (Fsp3) is 0.250. The molecule has 10 heteroatoms. The molecule has 158 valence electrons. The zero-order valence-corrected chi connectivity index (χ0v) is 17.9. The van der Waals surface area contributed by atoms with E-state index in [1.165, 1.54) is 17.0 Å². The molecule has 1 fully saturated rings. The Kier molecular flexibility index (Phi) is 6.49. The lowest BCUT2D eigenvalue weighted by Crippen LogP contribution is -2.39. The zero-order chi connectivity index (χ0) is 21.9. The Hall–Kier alpha value is -2.82. The average molecular weight is 447 g/mol. The molecule has 1 atom stereocenters. The summed E-state index contributed by atoms with van der Waals surface area (Å²) in [7, 11) is -2.16. The van der Waals surface area contributed by atoms with E-state index in [1.807, 2.05) is 18.2 Å². The maximum absolute atomic E-state index is 12.6. The quantitative estimate of drug-likeness (QED) is 0.621. The number of primary sulfonamides is 1. The predicted octanol–water partition coefficient (Wildman–Crippen LogP) is 1.33. The van der Waals surface area contributed by atoms with E-state index < -0.39 is 16.1 Å². The molecule has 0 radical (unpaired) electrons. The van der Waals surface area contributed by atoms with Gasteiger partial charge >= 0.3 is 0 Å². The van der Waals surface area contributed by atoms with Crippen LogP contribution in [0.15, 0.2) is 59.5 Å². The lowest BCUT2D eigenvalue weighted by molar-refractivity contribution is -0.130. The van der Waals surface area contributed by atoms with Gasteiger partial charge in [-0.2, -0.15) is 0 Å². The summed E-state index contributed by atoms with van der Waals surface area (Å²) >= 11 is 5.39. The van der Waals surface area contributed by atoms with Crippen molar-refractivity contribution in [3.63, 3.8) is 0 Å². The van der Waals surface area contributed by atoms with Gasteiger partial charge in [-0.3, -0.25) is 14.5 Å². The number of rotatable bonds is 7. The second-order valence-corrected chi connectivity index (χ2v) is 8.87. The van der Waals surface area contributed by atoms with Crippen LogP contribution in [0.2, 0.25) is 0 Å². The summed E-state index contributed by atoms with van der Waals surface area (Å²) in [6, 6.07) is 14.5. The number of amides is 2. The van der Waals surface area contributed by atoms with Crippen molar-refractivity contribution in [3.8, 4) is 0 Å². The molecule has 0 spiro atoms. The molecule has 0 aliphatic carbocycles. The van der Waals surface area contributed by atoms with Crippen molar-refractivity contribution in [2.75, 3.05) is 18.9 Å². The van der Waals surface area contributed by atoms with Crippen LogP contribution in [0.1, 0.15) is 12.0 Å². The number of hydrogen-bond donors (Lipinski definition) is 2. The van der Waals surface area contributed by atoms with Crippen LogP contribution >= 0.6 is 12.2 Å². The van der Waals surface area contributed by atoms with Gasteiger partial charge in [0, 0.05) is 19.3 Å². The molecule has 1 saturated heterocycles.